The molecule has 0 spiro atoms. The number of hydrogen-bond donors (Lipinski definition) is 1. The third kappa shape index (κ3) is 7.88. The number of nitrogens with one attached hydrogen (secondary N) is 1. The standard InChI is InChI=1S/C17H28ClNO/c1-17(2,3)19-13-15(8-6-10-20-4)11-14-7-5-9-16(18)12-14/h5,7,9,12,15,19H,6,8,10-11,13H2,1-4H3. The van der Waals surface area contributed by atoms with Crippen molar-refractivity contribution in [1.29, 1.82) is 0 Å². The van der Waals surface area contributed by atoms with E-state index in [1.807, 2.05) is 12.1 Å². The van der Waals surface area contributed by atoms with Crippen LogP contribution in [0, 0.1) is 5.92 Å². The van der Waals surface area contributed by atoms with Crippen LogP contribution in [0.5, 0.6) is 0 Å². The van der Waals surface area contributed by atoms with Crippen LogP contribution in [0.3, 0.4) is 0 Å². The fraction of sp³-hybridized carbons (Fsp3) is 0.647. The first-order valence-corrected chi connectivity index (χ1v) is 7.77. The third-order valence-electron chi connectivity index (χ3n) is 3.30. The van der Waals surface area contributed by atoms with E-state index in [1.54, 1.807) is 7.11 Å². The topological polar surface area (TPSA) is 21.3 Å². The summed E-state index contributed by atoms with van der Waals surface area (Å²) in [6.07, 6.45) is 3.34. The van der Waals surface area contributed by atoms with Gasteiger partial charge in [0.15, 0.2) is 0 Å². The van der Waals surface area contributed by atoms with E-state index in [2.05, 4.69) is 38.2 Å². The Labute approximate surface area is 128 Å². The second-order valence-electron chi connectivity index (χ2n) is 6.47. The molecule has 0 saturated heterocycles. The van der Waals surface area contributed by atoms with Gasteiger partial charge >= 0.3 is 0 Å². The molecule has 1 aromatic rings. The van der Waals surface area contributed by atoms with Crippen LogP contribution in [0.25, 0.3) is 0 Å². The maximum Gasteiger partial charge on any atom is 0.0462 e. The fourth-order valence-electron chi connectivity index (χ4n) is 2.24. The molecule has 1 N–H and O–H groups in total. The average Bonchev–Trinajstić information content (AvgIpc) is 2.35. The number of halogens is 1. The van der Waals surface area contributed by atoms with Gasteiger partial charge < -0.3 is 10.1 Å². The smallest absolute Gasteiger partial charge is 0.0462 e. The van der Waals surface area contributed by atoms with E-state index in [0.29, 0.717) is 5.92 Å². The van der Waals surface area contributed by atoms with Crippen LogP contribution in [-0.2, 0) is 11.2 Å². The maximum absolute atomic E-state index is 6.07. The zero-order chi connectivity index (χ0) is 15.0. The van der Waals surface area contributed by atoms with Gasteiger partial charge in [-0.2, -0.15) is 0 Å². The molecule has 0 amide bonds. The average molecular weight is 298 g/mol. The number of rotatable bonds is 8. The van der Waals surface area contributed by atoms with Crippen molar-refractivity contribution in [3.05, 3.63) is 34.9 Å². The molecule has 0 heterocycles. The van der Waals surface area contributed by atoms with Crippen molar-refractivity contribution < 1.29 is 4.74 Å². The van der Waals surface area contributed by atoms with Crippen molar-refractivity contribution >= 4 is 11.6 Å². The lowest BCUT2D eigenvalue weighted by Gasteiger charge is -2.25. The van der Waals surface area contributed by atoms with Gasteiger partial charge in [0.05, 0.1) is 0 Å². The van der Waals surface area contributed by atoms with Gasteiger partial charge in [-0.1, -0.05) is 23.7 Å². The molecule has 0 aliphatic carbocycles. The SMILES string of the molecule is COCCCC(CNC(C)(C)C)Cc1cccc(Cl)c1. The van der Waals surface area contributed by atoms with Gasteiger partial charge in [-0.25, -0.2) is 0 Å². The number of ether oxygens (including phenoxy) is 1. The van der Waals surface area contributed by atoms with Gasteiger partial charge in [0.1, 0.15) is 0 Å². The lowest BCUT2D eigenvalue weighted by atomic mass is 9.93. The number of benzene rings is 1. The minimum atomic E-state index is 0.161. The second kappa shape index (κ2) is 8.66. The molecule has 1 aromatic carbocycles. The summed E-state index contributed by atoms with van der Waals surface area (Å²) in [6.45, 7) is 8.48. The normalized spacial score (nSPS) is 13.4. The molecule has 0 aliphatic heterocycles. The molecule has 0 aromatic heterocycles. The van der Waals surface area contributed by atoms with Crippen molar-refractivity contribution in [3.8, 4) is 0 Å². The summed E-state index contributed by atoms with van der Waals surface area (Å²) in [7, 11) is 1.76. The van der Waals surface area contributed by atoms with Gasteiger partial charge in [-0.05, 0) is 70.2 Å². The highest BCUT2D eigenvalue weighted by Crippen LogP contribution is 2.18. The predicted molar refractivity (Wildman–Crippen MR) is 87.5 cm³/mol. The van der Waals surface area contributed by atoms with E-state index in [-0.39, 0.29) is 5.54 Å². The first-order chi connectivity index (χ1) is 9.40. The van der Waals surface area contributed by atoms with Crippen molar-refractivity contribution in [2.24, 2.45) is 5.92 Å². The van der Waals surface area contributed by atoms with E-state index >= 15 is 0 Å². The van der Waals surface area contributed by atoms with Crippen molar-refractivity contribution in [3.63, 3.8) is 0 Å². The number of methoxy groups -OCH3 is 1. The summed E-state index contributed by atoms with van der Waals surface area (Å²) >= 11 is 6.07. The largest absolute Gasteiger partial charge is 0.385 e. The lowest BCUT2D eigenvalue weighted by molar-refractivity contribution is 0.185. The Morgan fingerprint density at radius 3 is 2.65 bits per heavy atom. The quantitative estimate of drug-likeness (QED) is 0.722. The van der Waals surface area contributed by atoms with Crippen LogP contribution >= 0.6 is 11.6 Å². The molecule has 0 saturated carbocycles. The van der Waals surface area contributed by atoms with Crippen molar-refractivity contribution in [2.75, 3.05) is 20.3 Å². The van der Waals surface area contributed by atoms with Crippen molar-refractivity contribution in [1.82, 2.24) is 5.32 Å². The Balaban J connectivity index is 2.56. The van der Waals surface area contributed by atoms with Crippen LogP contribution in [0.15, 0.2) is 24.3 Å². The molecule has 1 unspecified atom stereocenters. The Hall–Kier alpha value is -0.570. The summed E-state index contributed by atoms with van der Waals surface area (Å²) in [5.41, 5.74) is 1.48. The van der Waals surface area contributed by atoms with Gasteiger partial charge in [0.25, 0.3) is 0 Å². The number of hydrogen-bond acceptors (Lipinski definition) is 2. The molecule has 0 aliphatic rings. The molecule has 1 atom stereocenters. The molecule has 2 nitrogen and oxygen atoms in total. The summed E-state index contributed by atoms with van der Waals surface area (Å²) in [4.78, 5) is 0. The molecule has 0 radical (unpaired) electrons. The molecule has 0 fully saturated rings. The lowest BCUT2D eigenvalue weighted by Crippen LogP contribution is -2.39. The van der Waals surface area contributed by atoms with Gasteiger partial charge in [-0.15, -0.1) is 0 Å². The van der Waals surface area contributed by atoms with Crippen molar-refractivity contribution in [2.45, 2.75) is 45.6 Å². The summed E-state index contributed by atoms with van der Waals surface area (Å²) < 4.78 is 5.17. The monoisotopic (exact) mass is 297 g/mol. The highest BCUT2D eigenvalue weighted by molar-refractivity contribution is 6.30. The minimum Gasteiger partial charge on any atom is -0.385 e. The zero-order valence-corrected chi connectivity index (χ0v) is 14.0. The zero-order valence-electron chi connectivity index (χ0n) is 13.2. The highest BCUT2D eigenvalue weighted by atomic mass is 35.5. The second-order valence-corrected chi connectivity index (χ2v) is 6.90. The molecule has 20 heavy (non-hydrogen) atoms. The minimum absolute atomic E-state index is 0.161. The van der Waals surface area contributed by atoms with Crippen LogP contribution in [0.2, 0.25) is 5.02 Å². The molecule has 1 rings (SSSR count). The molecular weight excluding hydrogens is 270 g/mol. The Kier molecular flexibility index (Phi) is 7.57. The van der Waals surface area contributed by atoms with E-state index < -0.39 is 0 Å². The molecular formula is C17H28ClNO. The van der Waals surface area contributed by atoms with Crippen LogP contribution < -0.4 is 5.32 Å². The molecule has 114 valence electrons. The van der Waals surface area contributed by atoms with E-state index in [1.165, 1.54) is 12.0 Å². The molecule has 3 heteroatoms. The molecule has 0 bridgehead atoms. The Bertz CT molecular complexity index is 387. The summed E-state index contributed by atoms with van der Waals surface area (Å²) in [6, 6.07) is 8.19. The Morgan fingerprint density at radius 2 is 2.05 bits per heavy atom. The highest BCUT2D eigenvalue weighted by Gasteiger charge is 2.15. The Morgan fingerprint density at radius 1 is 1.30 bits per heavy atom. The van der Waals surface area contributed by atoms with E-state index in [9.17, 15) is 0 Å². The van der Waals surface area contributed by atoms with Crippen LogP contribution in [0.1, 0.15) is 39.2 Å². The van der Waals surface area contributed by atoms with Crippen LogP contribution in [0.4, 0.5) is 0 Å². The van der Waals surface area contributed by atoms with Gasteiger partial charge in [-0.3, -0.25) is 0 Å². The van der Waals surface area contributed by atoms with Gasteiger partial charge in [0, 0.05) is 24.3 Å². The first kappa shape index (κ1) is 17.5. The van der Waals surface area contributed by atoms with Crippen LogP contribution in [-0.4, -0.2) is 25.8 Å². The maximum atomic E-state index is 6.07. The summed E-state index contributed by atoms with van der Waals surface area (Å²) in [5.74, 6) is 0.614. The predicted octanol–water partition coefficient (Wildman–Crippen LogP) is 4.31. The van der Waals surface area contributed by atoms with E-state index in [4.69, 9.17) is 16.3 Å². The third-order valence-corrected chi connectivity index (χ3v) is 3.53. The van der Waals surface area contributed by atoms with Gasteiger partial charge in [0.2, 0.25) is 0 Å². The summed E-state index contributed by atoms with van der Waals surface area (Å²) in [5, 5.41) is 4.43. The van der Waals surface area contributed by atoms with E-state index in [0.717, 1.165) is 31.0 Å². The first-order valence-electron chi connectivity index (χ1n) is 7.39. The fourth-order valence-corrected chi connectivity index (χ4v) is 2.45.